The molecule has 0 fully saturated rings. The number of benzene rings is 2. The van der Waals surface area contributed by atoms with Crippen molar-refractivity contribution in [1.82, 2.24) is 0 Å². The summed E-state index contributed by atoms with van der Waals surface area (Å²) >= 11 is 0. The van der Waals surface area contributed by atoms with E-state index >= 15 is 0 Å². The molecule has 0 heterocycles. The van der Waals surface area contributed by atoms with Crippen molar-refractivity contribution in [3.8, 4) is 0 Å². The second-order valence-corrected chi connectivity index (χ2v) is 6.27. The van der Waals surface area contributed by atoms with Gasteiger partial charge in [-0.2, -0.15) is 0 Å². The highest BCUT2D eigenvalue weighted by molar-refractivity contribution is 7.91. The zero-order chi connectivity index (χ0) is 15.6. The molecule has 2 rings (SSSR count). The molecule has 6 nitrogen and oxygen atoms in total. The molecule has 0 amide bonds. The average molecular weight is 304 g/mol. The third-order valence-corrected chi connectivity index (χ3v) is 4.74. The van der Waals surface area contributed by atoms with Gasteiger partial charge in [0, 0.05) is 22.5 Å². The van der Waals surface area contributed by atoms with Crippen molar-refractivity contribution in [2.45, 2.75) is 9.79 Å². The van der Waals surface area contributed by atoms with E-state index in [0.717, 1.165) is 0 Å². The molecule has 0 saturated carbocycles. The Labute approximate surface area is 121 Å². The molecule has 0 spiro atoms. The summed E-state index contributed by atoms with van der Waals surface area (Å²) in [6, 6.07) is 7.67. The molecular weight excluding hydrogens is 292 g/mol. The van der Waals surface area contributed by atoms with E-state index in [9.17, 15) is 18.0 Å². The summed E-state index contributed by atoms with van der Waals surface area (Å²) in [6.45, 7) is 0. The molecule has 108 valence electrons. The van der Waals surface area contributed by atoms with Crippen LogP contribution in [0, 0.1) is 0 Å². The first kappa shape index (κ1) is 14.7. The minimum atomic E-state index is -3.83. The van der Waals surface area contributed by atoms with Crippen LogP contribution in [0.25, 0.3) is 0 Å². The van der Waals surface area contributed by atoms with Crippen LogP contribution in [0.3, 0.4) is 0 Å². The van der Waals surface area contributed by atoms with Gasteiger partial charge in [0.05, 0.1) is 9.79 Å². The van der Waals surface area contributed by atoms with Crippen molar-refractivity contribution in [2.75, 3.05) is 11.5 Å². The largest absolute Gasteiger partial charge is 0.398 e. The van der Waals surface area contributed by atoms with E-state index in [0.29, 0.717) is 12.6 Å². The molecule has 4 N–H and O–H groups in total. The van der Waals surface area contributed by atoms with Gasteiger partial charge in [-0.15, -0.1) is 0 Å². The van der Waals surface area contributed by atoms with Crippen LogP contribution in [0.2, 0.25) is 0 Å². The average Bonchev–Trinajstić information content (AvgIpc) is 2.47. The van der Waals surface area contributed by atoms with Crippen molar-refractivity contribution in [3.05, 3.63) is 47.5 Å². The molecule has 0 atom stereocenters. The fourth-order valence-corrected chi connectivity index (χ4v) is 3.12. The number of aldehydes is 2. The number of carbonyl (C=O) groups excluding carboxylic acids is 2. The molecule has 7 heteroatoms. The highest BCUT2D eigenvalue weighted by Crippen LogP contribution is 2.26. The predicted molar refractivity (Wildman–Crippen MR) is 77.9 cm³/mol. The first-order chi connectivity index (χ1) is 9.90. The summed E-state index contributed by atoms with van der Waals surface area (Å²) in [6.07, 6.45) is 1.09. The molecule has 21 heavy (non-hydrogen) atoms. The number of sulfone groups is 1. The molecule has 0 aromatic heterocycles. The molecule has 2 aromatic rings. The monoisotopic (exact) mass is 304 g/mol. The second kappa shape index (κ2) is 5.37. The van der Waals surface area contributed by atoms with Crippen LogP contribution in [0.1, 0.15) is 20.7 Å². The zero-order valence-corrected chi connectivity index (χ0v) is 11.6. The Hall–Kier alpha value is -2.67. The van der Waals surface area contributed by atoms with E-state index < -0.39 is 9.84 Å². The molecule has 0 aliphatic rings. The van der Waals surface area contributed by atoms with Crippen molar-refractivity contribution in [1.29, 1.82) is 0 Å². The maximum absolute atomic E-state index is 12.4. The molecule has 0 radical (unpaired) electrons. The highest BCUT2D eigenvalue weighted by atomic mass is 32.2. The Bertz CT molecular complexity index is 765. The maximum Gasteiger partial charge on any atom is 0.206 e. The third-order valence-electron chi connectivity index (χ3n) is 2.99. The van der Waals surface area contributed by atoms with Crippen LogP contribution in [0.4, 0.5) is 11.4 Å². The fourth-order valence-electron chi connectivity index (χ4n) is 1.79. The summed E-state index contributed by atoms with van der Waals surface area (Å²) in [4.78, 5) is 21.3. The smallest absolute Gasteiger partial charge is 0.206 e. The van der Waals surface area contributed by atoms with E-state index in [2.05, 4.69) is 0 Å². The summed E-state index contributed by atoms with van der Waals surface area (Å²) in [5, 5.41) is 0. The minimum absolute atomic E-state index is 0.0520. The van der Waals surface area contributed by atoms with Gasteiger partial charge in [0.1, 0.15) is 0 Å². The highest BCUT2D eigenvalue weighted by Gasteiger charge is 2.19. The number of nitrogens with two attached hydrogens (primary N) is 2. The van der Waals surface area contributed by atoms with Gasteiger partial charge in [-0.1, -0.05) is 0 Å². The van der Waals surface area contributed by atoms with Gasteiger partial charge in [0.2, 0.25) is 9.84 Å². The van der Waals surface area contributed by atoms with Crippen LogP contribution < -0.4 is 11.5 Å². The first-order valence-corrected chi connectivity index (χ1v) is 7.33. The topological polar surface area (TPSA) is 120 Å². The number of hydrogen-bond acceptors (Lipinski definition) is 6. The lowest BCUT2D eigenvalue weighted by molar-refractivity contribution is 0.111. The van der Waals surface area contributed by atoms with Gasteiger partial charge in [0.15, 0.2) is 12.6 Å². The van der Waals surface area contributed by atoms with Crippen LogP contribution in [-0.4, -0.2) is 21.0 Å². The standard InChI is InChI=1S/C14H12N2O4S/c15-13-5-11(3-1-9(13)7-17)21(19,20)12-4-2-10(8-18)14(16)6-12/h1-8H,15-16H2. The Morgan fingerprint density at radius 1 is 0.762 bits per heavy atom. The van der Waals surface area contributed by atoms with Crippen LogP contribution in [0.5, 0.6) is 0 Å². The zero-order valence-electron chi connectivity index (χ0n) is 10.8. The molecule has 0 unspecified atom stereocenters. The second-order valence-electron chi connectivity index (χ2n) is 4.32. The summed E-state index contributed by atoms with van der Waals surface area (Å²) in [7, 11) is -3.83. The lowest BCUT2D eigenvalue weighted by Gasteiger charge is -2.08. The molecule has 0 aliphatic heterocycles. The number of hydrogen-bond donors (Lipinski definition) is 2. The fraction of sp³-hybridized carbons (Fsp3) is 0. The van der Waals surface area contributed by atoms with Crippen molar-refractivity contribution in [3.63, 3.8) is 0 Å². The lowest BCUT2D eigenvalue weighted by atomic mass is 10.2. The Balaban J connectivity index is 2.56. The maximum atomic E-state index is 12.4. The van der Waals surface area contributed by atoms with E-state index in [-0.39, 0.29) is 32.3 Å². The number of rotatable bonds is 4. The Kier molecular flexibility index (Phi) is 3.77. The summed E-state index contributed by atoms with van der Waals surface area (Å²) < 4.78 is 24.9. The van der Waals surface area contributed by atoms with Gasteiger partial charge >= 0.3 is 0 Å². The van der Waals surface area contributed by atoms with Crippen molar-refractivity contribution in [2.24, 2.45) is 0 Å². The van der Waals surface area contributed by atoms with Crippen molar-refractivity contribution < 1.29 is 18.0 Å². The quantitative estimate of drug-likeness (QED) is 0.649. The van der Waals surface area contributed by atoms with E-state index in [4.69, 9.17) is 11.5 Å². The number of carbonyl (C=O) groups is 2. The Morgan fingerprint density at radius 2 is 1.14 bits per heavy atom. The molecular formula is C14H12N2O4S. The molecule has 0 bridgehead atoms. The van der Waals surface area contributed by atoms with Crippen LogP contribution >= 0.6 is 0 Å². The van der Waals surface area contributed by atoms with Gasteiger partial charge in [0.25, 0.3) is 0 Å². The minimum Gasteiger partial charge on any atom is -0.398 e. The van der Waals surface area contributed by atoms with Crippen molar-refractivity contribution >= 4 is 33.8 Å². The molecule has 0 aliphatic carbocycles. The number of nitrogen functional groups attached to an aromatic ring is 2. The van der Waals surface area contributed by atoms with E-state index in [1.807, 2.05) is 0 Å². The molecule has 2 aromatic carbocycles. The lowest BCUT2D eigenvalue weighted by Crippen LogP contribution is -2.05. The molecule has 0 saturated heterocycles. The van der Waals surface area contributed by atoms with E-state index in [1.54, 1.807) is 0 Å². The number of anilines is 2. The van der Waals surface area contributed by atoms with Crippen LogP contribution in [-0.2, 0) is 9.84 Å². The third kappa shape index (κ3) is 2.63. The van der Waals surface area contributed by atoms with Gasteiger partial charge < -0.3 is 11.5 Å². The van der Waals surface area contributed by atoms with Gasteiger partial charge in [-0.25, -0.2) is 8.42 Å². The first-order valence-electron chi connectivity index (χ1n) is 5.84. The van der Waals surface area contributed by atoms with Gasteiger partial charge in [-0.05, 0) is 36.4 Å². The summed E-state index contributed by atoms with van der Waals surface area (Å²) in [5.41, 5.74) is 11.8. The van der Waals surface area contributed by atoms with Gasteiger partial charge in [-0.3, -0.25) is 9.59 Å². The predicted octanol–water partition coefficient (Wildman–Crippen LogP) is 1.31. The van der Waals surface area contributed by atoms with Crippen LogP contribution in [0.15, 0.2) is 46.2 Å². The SMILES string of the molecule is Nc1cc(S(=O)(=O)c2ccc(C=O)c(N)c2)ccc1C=O. The normalized spacial score (nSPS) is 11.0. The van der Waals surface area contributed by atoms with E-state index in [1.165, 1.54) is 36.4 Å². The Morgan fingerprint density at radius 3 is 1.43 bits per heavy atom. The summed E-state index contributed by atoms with van der Waals surface area (Å²) in [5.74, 6) is 0.